The van der Waals surface area contributed by atoms with Gasteiger partial charge in [0, 0.05) is 6.04 Å². The zero-order valence-corrected chi connectivity index (χ0v) is 10.9. The third kappa shape index (κ3) is 4.20. The molecular formula is C15H22N2. The molecule has 0 aliphatic carbocycles. The van der Waals surface area contributed by atoms with Gasteiger partial charge in [0.2, 0.25) is 0 Å². The fraction of sp³-hybridized carbons (Fsp3) is 0.533. The summed E-state index contributed by atoms with van der Waals surface area (Å²) in [5.74, 6) is 0. The molecule has 0 aromatic heterocycles. The highest BCUT2D eigenvalue weighted by molar-refractivity contribution is 5.20. The van der Waals surface area contributed by atoms with Crippen LogP contribution < -0.4 is 0 Å². The van der Waals surface area contributed by atoms with Crippen molar-refractivity contribution in [1.82, 2.24) is 4.90 Å². The Kier molecular flexibility index (Phi) is 6.35. The maximum absolute atomic E-state index is 8.99. The molecule has 1 rings (SSSR count). The first-order valence-electron chi connectivity index (χ1n) is 6.49. The highest BCUT2D eigenvalue weighted by atomic mass is 15.1. The summed E-state index contributed by atoms with van der Waals surface area (Å²) in [6.45, 7) is 6.45. The van der Waals surface area contributed by atoms with E-state index in [0.717, 1.165) is 13.1 Å². The van der Waals surface area contributed by atoms with Crippen LogP contribution in [-0.2, 0) is 0 Å². The van der Waals surface area contributed by atoms with Crippen LogP contribution in [0.1, 0.15) is 44.7 Å². The minimum Gasteiger partial charge on any atom is -0.296 e. The van der Waals surface area contributed by atoms with Crippen molar-refractivity contribution in [2.75, 3.05) is 13.1 Å². The van der Waals surface area contributed by atoms with Crippen LogP contribution in [0.5, 0.6) is 0 Å². The molecule has 1 aromatic carbocycles. The van der Waals surface area contributed by atoms with Gasteiger partial charge in [-0.15, -0.1) is 0 Å². The molecular weight excluding hydrogens is 208 g/mol. The van der Waals surface area contributed by atoms with E-state index in [4.69, 9.17) is 5.26 Å². The molecule has 17 heavy (non-hydrogen) atoms. The van der Waals surface area contributed by atoms with Gasteiger partial charge in [-0.05, 0) is 25.1 Å². The lowest BCUT2D eigenvalue weighted by Gasteiger charge is -2.29. The fourth-order valence-corrected chi connectivity index (χ4v) is 2.11. The lowest BCUT2D eigenvalue weighted by Crippen LogP contribution is -2.29. The number of hydrogen-bond acceptors (Lipinski definition) is 2. The van der Waals surface area contributed by atoms with Gasteiger partial charge < -0.3 is 0 Å². The molecule has 0 aliphatic heterocycles. The Hall–Kier alpha value is -1.33. The summed E-state index contributed by atoms with van der Waals surface area (Å²) in [6, 6.07) is 12.9. The molecule has 2 heteroatoms. The molecule has 2 nitrogen and oxygen atoms in total. The van der Waals surface area contributed by atoms with E-state index in [1.807, 2.05) is 18.2 Å². The summed E-state index contributed by atoms with van der Waals surface area (Å²) in [5.41, 5.74) is 1.26. The minimum absolute atomic E-state index is 0.248. The van der Waals surface area contributed by atoms with Crippen molar-refractivity contribution in [2.45, 2.75) is 39.2 Å². The van der Waals surface area contributed by atoms with Gasteiger partial charge in [-0.25, -0.2) is 0 Å². The van der Waals surface area contributed by atoms with Crippen LogP contribution in [0, 0.1) is 11.3 Å². The number of unbranched alkanes of at least 4 members (excludes halogenated alkanes) is 1. The number of nitriles is 1. The lowest BCUT2D eigenvalue weighted by molar-refractivity contribution is 0.207. The van der Waals surface area contributed by atoms with E-state index < -0.39 is 0 Å². The number of nitrogens with zero attached hydrogens (tertiary/aromatic N) is 2. The quantitative estimate of drug-likeness (QED) is 0.713. The largest absolute Gasteiger partial charge is 0.296 e. The SMILES string of the molecule is CCCCN(CC)C(CC#N)c1ccccc1. The van der Waals surface area contributed by atoms with Gasteiger partial charge in [0.15, 0.2) is 0 Å². The molecule has 0 amide bonds. The van der Waals surface area contributed by atoms with E-state index in [1.54, 1.807) is 0 Å². The Balaban J connectivity index is 2.80. The summed E-state index contributed by atoms with van der Waals surface area (Å²) >= 11 is 0. The normalized spacial score (nSPS) is 12.4. The predicted octanol–water partition coefficient (Wildman–Crippen LogP) is 3.76. The molecule has 0 saturated heterocycles. The van der Waals surface area contributed by atoms with E-state index in [2.05, 4.69) is 36.9 Å². The Labute approximate surface area is 105 Å². The zero-order chi connectivity index (χ0) is 12.5. The van der Waals surface area contributed by atoms with Crippen LogP contribution in [0.15, 0.2) is 30.3 Å². The average molecular weight is 230 g/mol. The highest BCUT2D eigenvalue weighted by Gasteiger charge is 2.17. The first-order valence-corrected chi connectivity index (χ1v) is 6.49. The second-order valence-corrected chi connectivity index (χ2v) is 4.27. The summed E-state index contributed by atoms with van der Waals surface area (Å²) in [5, 5.41) is 8.99. The fourth-order valence-electron chi connectivity index (χ4n) is 2.11. The summed E-state index contributed by atoms with van der Waals surface area (Å²) in [6.07, 6.45) is 2.97. The van der Waals surface area contributed by atoms with Gasteiger partial charge in [-0.2, -0.15) is 5.26 Å². The number of benzene rings is 1. The summed E-state index contributed by atoms with van der Waals surface area (Å²) in [4.78, 5) is 2.40. The van der Waals surface area contributed by atoms with E-state index in [-0.39, 0.29) is 6.04 Å². The maximum Gasteiger partial charge on any atom is 0.0641 e. The number of rotatable bonds is 7. The summed E-state index contributed by atoms with van der Waals surface area (Å²) < 4.78 is 0. The molecule has 1 unspecified atom stereocenters. The van der Waals surface area contributed by atoms with Gasteiger partial charge in [0.1, 0.15) is 0 Å². The van der Waals surface area contributed by atoms with Gasteiger partial charge >= 0.3 is 0 Å². The standard InChI is InChI=1S/C15H22N2/c1-3-5-13-17(4-2)15(11-12-16)14-9-7-6-8-10-14/h6-10,15H,3-5,11,13H2,1-2H3. The molecule has 0 spiro atoms. The van der Waals surface area contributed by atoms with Crippen LogP contribution in [0.3, 0.4) is 0 Å². The Morgan fingerprint density at radius 3 is 2.47 bits per heavy atom. The minimum atomic E-state index is 0.248. The average Bonchev–Trinajstić information content (AvgIpc) is 2.39. The van der Waals surface area contributed by atoms with Crippen molar-refractivity contribution in [2.24, 2.45) is 0 Å². The molecule has 0 aliphatic rings. The van der Waals surface area contributed by atoms with Crippen LogP contribution in [0.4, 0.5) is 0 Å². The van der Waals surface area contributed by atoms with E-state index in [1.165, 1.54) is 18.4 Å². The van der Waals surface area contributed by atoms with Crippen molar-refractivity contribution in [1.29, 1.82) is 5.26 Å². The van der Waals surface area contributed by atoms with Crippen LogP contribution in [-0.4, -0.2) is 18.0 Å². The van der Waals surface area contributed by atoms with Crippen LogP contribution in [0.25, 0.3) is 0 Å². The van der Waals surface area contributed by atoms with Crippen molar-refractivity contribution < 1.29 is 0 Å². The third-order valence-corrected chi connectivity index (χ3v) is 3.11. The Bertz CT molecular complexity index is 340. The molecule has 0 N–H and O–H groups in total. The number of hydrogen-bond donors (Lipinski definition) is 0. The van der Waals surface area contributed by atoms with Gasteiger partial charge in [-0.1, -0.05) is 50.6 Å². The molecule has 0 fully saturated rings. The van der Waals surface area contributed by atoms with Crippen LogP contribution >= 0.6 is 0 Å². The van der Waals surface area contributed by atoms with Gasteiger partial charge in [0.05, 0.1) is 12.5 Å². The second-order valence-electron chi connectivity index (χ2n) is 4.27. The molecule has 0 heterocycles. The smallest absolute Gasteiger partial charge is 0.0641 e. The van der Waals surface area contributed by atoms with Crippen molar-refractivity contribution >= 4 is 0 Å². The monoisotopic (exact) mass is 230 g/mol. The summed E-state index contributed by atoms with van der Waals surface area (Å²) in [7, 11) is 0. The first kappa shape index (κ1) is 13.7. The highest BCUT2D eigenvalue weighted by Crippen LogP contribution is 2.23. The molecule has 92 valence electrons. The Morgan fingerprint density at radius 1 is 1.24 bits per heavy atom. The second kappa shape index (κ2) is 7.86. The maximum atomic E-state index is 8.99. The zero-order valence-electron chi connectivity index (χ0n) is 10.9. The molecule has 0 bridgehead atoms. The lowest BCUT2D eigenvalue weighted by atomic mass is 10.0. The molecule has 0 radical (unpaired) electrons. The topological polar surface area (TPSA) is 27.0 Å². The first-order chi connectivity index (χ1) is 8.33. The van der Waals surface area contributed by atoms with Crippen molar-refractivity contribution in [3.05, 3.63) is 35.9 Å². The third-order valence-electron chi connectivity index (χ3n) is 3.11. The molecule has 0 saturated carbocycles. The Morgan fingerprint density at radius 2 is 1.94 bits per heavy atom. The van der Waals surface area contributed by atoms with Gasteiger partial charge in [-0.3, -0.25) is 4.90 Å². The molecule has 1 aromatic rings. The molecule has 1 atom stereocenters. The van der Waals surface area contributed by atoms with Crippen molar-refractivity contribution in [3.8, 4) is 6.07 Å². The van der Waals surface area contributed by atoms with Crippen molar-refractivity contribution in [3.63, 3.8) is 0 Å². The van der Waals surface area contributed by atoms with E-state index in [0.29, 0.717) is 6.42 Å². The van der Waals surface area contributed by atoms with E-state index in [9.17, 15) is 0 Å². The van der Waals surface area contributed by atoms with E-state index >= 15 is 0 Å². The predicted molar refractivity (Wildman–Crippen MR) is 71.6 cm³/mol. The van der Waals surface area contributed by atoms with Gasteiger partial charge in [0.25, 0.3) is 0 Å². The van der Waals surface area contributed by atoms with Crippen LogP contribution in [0.2, 0.25) is 0 Å².